The zero-order valence-electron chi connectivity index (χ0n) is 23.7. The van der Waals surface area contributed by atoms with Gasteiger partial charge in [0.2, 0.25) is 0 Å². The van der Waals surface area contributed by atoms with Crippen LogP contribution in [0, 0.1) is 40.9 Å². The van der Waals surface area contributed by atoms with Gasteiger partial charge in [-0.3, -0.25) is 18.8 Å². The molecule has 224 valence electrons. The number of fused-ring (bicyclic) bond motifs is 1. The number of hydrazine groups is 1. The number of hydrogen-bond acceptors (Lipinski definition) is 7. The molecule has 0 amide bonds. The first-order valence-corrected chi connectivity index (χ1v) is 14.8. The Hall–Kier alpha value is -2.43. The number of alkyl halides is 3. The van der Waals surface area contributed by atoms with E-state index in [4.69, 9.17) is 4.74 Å². The van der Waals surface area contributed by atoms with Crippen LogP contribution in [-0.2, 0) is 17.5 Å². The second-order valence-electron chi connectivity index (χ2n) is 12.8. The standard InChI is InChI=1S/C29H40F3N7O2/c1-18-4-3-5-37(11-18)12-20-8-24(29(30,31)32)25-14-38(28(40)39(25)13-20)23-7-19(10-33)6-21(9-23)26(22-15-41-16-22)27-35-34-17-36(27)2/h8,13-14,18-19,21-23,26-27,34-35H,3-7,9,11-12,15-17H2,1-2H3/t18-,19?,21?,23?,26+,27?/m0/s1. The Balaban J connectivity index is 1.35. The van der Waals surface area contributed by atoms with Crippen molar-refractivity contribution in [3.05, 3.63) is 40.1 Å². The van der Waals surface area contributed by atoms with E-state index in [1.54, 1.807) is 6.20 Å². The SMILES string of the molecule is C[C@H]1CCCN(Cc2cc(C(F)(F)F)c3cn(C4CC(C#N)CC([C@H](C5COC5)C5NNCN5C)C4)c(=O)n3c2)C1. The normalized spacial score (nSPS) is 31.3. The highest BCUT2D eigenvalue weighted by Crippen LogP contribution is 2.45. The Morgan fingerprint density at radius 2 is 2.00 bits per heavy atom. The molecule has 5 heterocycles. The average molecular weight is 576 g/mol. The number of likely N-dealkylation sites (tertiary alicyclic amines) is 1. The van der Waals surface area contributed by atoms with Crippen molar-refractivity contribution >= 4 is 5.52 Å². The molecule has 2 aromatic rings. The monoisotopic (exact) mass is 575 g/mol. The summed E-state index contributed by atoms with van der Waals surface area (Å²) >= 11 is 0. The third kappa shape index (κ3) is 5.67. The topological polar surface area (TPSA) is 90.0 Å². The maximum absolute atomic E-state index is 14.3. The van der Waals surface area contributed by atoms with Crippen molar-refractivity contribution in [3.63, 3.8) is 0 Å². The Morgan fingerprint density at radius 1 is 1.20 bits per heavy atom. The molecule has 3 aliphatic heterocycles. The number of nitrogens with zero attached hydrogens (tertiary/aromatic N) is 5. The van der Waals surface area contributed by atoms with E-state index in [1.165, 1.54) is 21.2 Å². The fraction of sp³-hybridized carbons (Fsp3) is 0.724. The summed E-state index contributed by atoms with van der Waals surface area (Å²) in [4.78, 5) is 18.2. The maximum Gasteiger partial charge on any atom is 0.418 e. The largest absolute Gasteiger partial charge is 0.418 e. The van der Waals surface area contributed by atoms with Crippen molar-refractivity contribution < 1.29 is 17.9 Å². The number of aromatic nitrogens is 2. The molecule has 0 spiro atoms. The van der Waals surface area contributed by atoms with E-state index >= 15 is 0 Å². The summed E-state index contributed by atoms with van der Waals surface area (Å²) in [6.07, 6.45) is 2.33. The molecule has 1 saturated carbocycles. The van der Waals surface area contributed by atoms with Gasteiger partial charge in [0.15, 0.2) is 0 Å². The molecule has 1 aliphatic carbocycles. The molecule has 2 aromatic heterocycles. The molecule has 6 atom stereocenters. The molecule has 3 saturated heterocycles. The van der Waals surface area contributed by atoms with Crippen LogP contribution in [0.25, 0.3) is 5.52 Å². The molecule has 0 radical (unpaired) electrons. The van der Waals surface area contributed by atoms with E-state index in [0.29, 0.717) is 63.1 Å². The number of imidazole rings is 1. The summed E-state index contributed by atoms with van der Waals surface area (Å²) in [5, 5.41) is 9.99. The lowest BCUT2D eigenvalue weighted by Crippen LogP contribution is -2.53. The minimum atomic E-state index is -4.60. The second-order valence-corrected chi connectivity index (χ2v) is 12.8. The molecular formula is C29H40F3N7O2. The fourth-order valence-electron chi connectivity index (χ4n) is 7.76. The van der Waals surface area contributed by atoms with Gasteiger partial charge in [0, 0.05) is 43.4 Å². The van der Waals surface area contributed by atoms with E-state index in [1.807, 2.05) is 7.05 Å². The van der Waals surface area contributed by atoms with E-state index in [0.717, 1.165) is 25.9 Å². The van der Waals surface area contributed by atoms with Crippen molar-refractivity contribution in [2.45, 2.75) is 64.0 Å². The summed E-state index contributed by atoms with van der Waals surface area (Å²) in [6, 6.07) is 3.27. The van der Waals surface area contributed by atoms with Crippen LogP contribution in [0.4, 0.5) is 13.2 Å². The number of hydrogen-bond donors (Lipinski definition) is 2. The lowest BCUT2D eigenvalue weighted by Gasteiger charge is -2.46. The van der Waals surface area contributed by atoms with Gasteiger partial charge in [-0.25, -0.2) is 15.6 Å². The van der Waals surface area contributed by atoms with Crippen LogP contribution in [0.15, 0.2) is 23.3 Å². The summed E-state index contributed by atoms with van der Waals surface area (Å²) < 4.78 is 51.2. The first-order chi connectivity index (χ1) is 19.6. The van der Waals surface area contributed by atoms with Gasteiger partial charge in [0.1, 0.15) is 0 Å². The zero-order valence-corrected chi connectivity index (χ0v) is 23.7. The number of piperidine rings is 1. The van der Waals surface area contributed by atoms with Crippen molar-refractivity contribution in [1.29, 1.82) is 5.26 Å². The first-order valence-electron chi connectivity index (χ1n) is 14.8. The van der Waals surface area contributed by atoms with Crippen LogP contribution in [0.1, 0.15) is 56.2 Å². The van der Waals surface area contributed by atoms with Gasteiger partial charge in [-0.2, -0.15) is 18.4 Å². The van der Waals surface area contributed by atoms with E-state index in [9.17, 15) is 23.2 Å². The number of nitrogens with one attached hydrogen (secondary N) is 2. The van der Waals surface area contributed by atoms with Gasteiger partial charge in [-0.05, 0) is 75.1 Å². The number of pyridine rings is 1. The Bertz CT molecular complexity index is 1350. The summed E-state index contributed by atoms with van der Waals surface area (Å²) in [7, 11) is 2.04. The molecule has 2 N–H and O–H groups in total. The first kappa shape index (κ1) is 28.7. The Kier molecular flexibility index (Phi) is 7.93. The highest BCUT2D eigenvalue weighted by molar-refractivity contribution is 5.56. The van der Waals surface area contributed by atoms with Crippen molar-refractivity contribution in [3.8, 4) is 6.07 Å². The molecule has 9 nitrogen and oxygen atoms in total. The van der Waals surface area contributed by atoms with Crippen molar-refractivity contribution in [2.75, 3.05) is 40.0 Å². The van der Waals surface area contributed by atoms with Gasteiger partial charge in [0.25, 0.3) is 0 Å². The molecule has 41 heavy (non-hydrogen) atoms. The molecule has 0 bridgehead atoms. The predicted octanol–water partition coefficient (Wildman–Crippen LogP) is 3.42. The third-order valence-electron chi connectivity index (χ3n) is 9.77. The molecule has 4 unspecified atom stereocenters. The van der Waals surface area contributed by atoms with E-state index in [2.05, 4.69) is 33.6 Å². The number of halogens is 3. The number of rotatable bonds is 6. The molecule has 4 aliphatic rings. The minimum absolute atomic E-state index is 0.0497. The molecule has 6 rings (SSSR count). The highest BCUT2D eigenvalue weighted by Gasteiger charge is 2.46. The number of ether oxygens (including phenoxy) is 1. The van der Waals surface area contributed by atoms with Gasteiger partial charge in [-0.1, -0.05) is 6.92 Å². The maximum atomic E-state index is 14.3. The smallest absolute Gasteiger partial charge is 0.381 e. The molecular weight excluding hydrogens is 535 g/mol. The van der Waals surface area contributed by atoms with Crippen LogP contribution < -0.4 is 16.5 Å². The van der Waals surface area contributed by atoms with Gasteiger partial charge < -0.3 is 4.74 Å². The molecule has 0 aromatic carbocycles. The summed E-state index contributed by atoms with van der Waals surface area (Å²) in [6.45, 7) is 6.21. The second kappa shape index (κ2) is 11.3. The van der Waals surface area contributed by atoms with Gasteiger partial charge >= 0.3 is 11.9 Å². The van der Waals surface area contributed by atoms with Crippen molar-refractivity contribution in [2.24, 2.45) is 29.6 Å². The average Bonchev–Trinajstić information content (AvgIpc) is 3.47. The molecule has 12 heteroatoms. The van der Waals surface area contributed by atoms with Crippen molar-refractivity contribution in [1.82, 2.24) is 29.6 Å². The van der Waals surface area contributed by atoms with Crippen LogP contribution in [-0.4, -0.2) is 65.0 Å². The minimum Gasteiger partial charge on any atom is -0.381 e. The zero-order chi connectivity index (χ0) is 28.9. The van der Waals surface area contributed by atoms with E-state index in [-0.39, 0.29) is 35.5 Å². The van der Waals surface area contributed by atoms with Crippen LogP contribution in [0.3, 0.4) is 0 Å². The Morgan fingerprint density at radius 3 is 2.63 bits per heavy atom. The van der Waals surface area contributed by atoms with Crippen LogP contribution in [0.2, 0.25) is 0 Å². The van der Waals surface area contributed by atoms with Gasteiger partial charge in [0.05, 0.1) is 43.2 Å². The van der Waals surface area contributed by atoms with Crippen LogP contribution in [0.5, 0.6) is 0 Å². The van der Waals surface area contributed by atoms with Crippen LogP contribution >= 0.6 is 0 Å². The lowest BCUT2D eigenvalue weighted by molar-refractivity contribution is -0.136. The summed E-state index contributed by atoms with van der Waals surface area (Å²) in [5.41, 5.74) is 5.68. The molecule has 4 fully saturated rings. The van der Waals surface area contributed by atoms with Gasteiger partial charge in [-0.15, -0.1) is 0 Å². The quantitative estimate of drug-likeness (QED) is 0.546. The fourth-order valence-corrected chi connectivity index (χ4v) is 7.76. The van der Waals surface area contributed by atoms with E-state index < -0.39 is 17.4 Å². The summed E-state index contributed by atoms with van der Waals surface area (Å²) in [5.74, 6) is 0.825. The highest BCUT2D eigenvalue weighted by atomic mass is 19.4. The number of nitriles is 1. The predicted molar refractivity (Wildman–Crippen MR) is 146 cm³/mol. The lowest BCUT2D eigenvalue weighted by atomic mass is 9.67. The Labute approximate surface area is 238 Å². The third-order valence-corrected chi connectivity index (χ3v) is 9.77.